The SMILES string of the molecule is Cc1ccc2oc(C(=O)NC3CCCc4cc(N)ccc43)cc2c1.Cl. The molecule has 0 saturated heterocycles. The molecule has 1 heterocycles. The van der Waals surface area contributed by atoms with Gasteiger partial charge in [-0.3, -0.25) is 4.79 Å². The van der Waals surface area contributed by atoms with Gasteiger partial charge < -0.3 is 15.5 Å². The molecule has 0 aliphatic heterocycles. The molecule has 130 valence electrons. The fourth-order valence-corrected chi connectivity index (χ4v) is 3.49. The molecule has 0 bridgehead atoms. The zero-order valence-electron chi connectivity index (χ0n) is 14.0. The maximum Gasteiger partial charge on any atom is 0.287 e. The van der Waals surface area contributed by atoms with Crippen LogP contribution in [0.25, 0.3) is 11.0 Å². The van der Waals surface area contributed by atoms with Crippen molar-refractivity contribution in [1.29, 1.82) is 0 Å². The lowest BCUT2D eigenvalue weighted by Crippen LogP contribution is -2.30. The zero-order valence-corrected chi connectivity index (χ0v) is 14.9. The molecule has 1 aliphatic rings. The largest absolute Gasteiger partial charge is 0.451 e. The number of hydrogen-bond donors (Lipinski definition) is 2. The molecule has 0 fully saturated rings. The van der Waals surface area contributed by atoms with Gasteiger partial charge in [-0.1, -0.05) is 17.7 Å². The molecular weight excluding hydrogens is 336 g/mol. The lowest BCUT2D eigenvalue weighted by molar-refractivity contribution is 0.0907. The molecule has 1 amide bonds. The maximum atomic E-state index is 12.6. The van der Waals surface area contributed by atoms with E-state index < -0.39 is 0 Å². The molecular formula is C20H21ClN2O2. The van der Waals surface area contributed by atoms with Crippen LogP contribution in [0.4, 0.5) is 5.69 Å². The molecule has 1 atom stereocenters. The summed E-state index contributed by atoms with van der Waals surface area (Å²) in [5.74, 6) is 0.191. The molecule has 4 nitrogen and oxygen atoms in total. The Balaban J connectivity index is 0.00000182. The number of amides is 1. The van der Waals surface area contributed by atoms with Gasteiger partial charge in [0.25, 0.3) is 5.91 Å². The van der Waals surface area contributed by atoms with Gasteiger partial charge >= 0.3 is 0 Å². The second-order valence-corrected chi connectivity index (χ2v) is 6.53. The minimum absolute atomic E-state index is 0. The quantitative estimate of drug-likeness (QED) is 0.662. The van der Waals surface area contributed by atoms with Gasteiger partial charge in [-0.25, -0.2) is 0 Å². The first-order chi connectivity index (χ1) is 11.6. The lowest BCUT2D eigenvalue weighted by Gasteiger charge is -2.26. The predicted octanol–water partition coefficient (Wildman–Crippen LogP) is 4.55. The van der Waals surface area contributed by atoms with Gasteiger partial charge in [-0.05, 0) is 67.6 Å². The van der Waals surface area contributed by atoms with Crippen molar-refractivity contribution in [3.63, 3.8) is 0 Å². The Hall–Kier alpha value is -2.46. The van der Waals surface area contributed by atoms with Crippen molar-refractivity contribution in [2.45, 2.75) is 32.2 Å². The zero-order chi connectivity index (χ0) is 16.7. The number of anilines is 1. The monoisotopic (exact) mass is 356 g/mol. The molecule has 5 heteroatoms. The number of nitrogens with one attached hydrogen (secondary N) is 1. The van der Waals surface area contributed by atoms with E-state index >= 15 is 0 Å². The van der Waals surface area contributed by atoms with Crippen molar-refractivity contribution in [3.8, 4) is 0 Å². The summed E-state index contributed by atoms with van der Waals surface area (Å²) in [5.41, 5.74) is 10.9. The number of nitrogen functional groups attached to an aromatic ring is 1. The minimum Gasteiger partial charge on any atom is -0.451 e. The van der Waals surface area contributed by atoms with E-state index in [-0.39, 0.29) is 24.4 Å². The van der Waals surface area contributed by atoms with Crippen molar-refractivity contribution in [2.75, 3.05) is 5.73 Å². The first-order valence-electron chi connectivity index (χ1n) is 8.29. The molecule has 4 rings (SSSR count). The van der Waals surface area contributed by atoms with Gasteiger partial charge in [0.2, 0.25) is 0 Å². The number of fused-ring (bicyclic) bond motifs is 2. The van der Waals surface area contributed by atoms with E-state index in [1.165, 1.54) is 5.56 Å². The van der Waals surface area contributed by atoms with Crippen molar-refractivity contribution >= 4 is 35.0 Å². The van der Waals surface area contributed by atoms with Crippen LogP contribution in [-0.4, -0.2) is 5.91 Å². The molecule has 3 aromatic rings. The average molecular weight is 357 g/mol. The summed E-state index contributed by atoms with van der Waals surface area (Å²) in [6, 6.07) is 13.7. The molecule has 1 aliphatic carbocycles. The Labute approximate surface area is 152 Å². The van der Waals surface area contributed by atoms with E-state index in [4.69, 9.17) is 10.2 Å². The first-order valence-corrected chi connectivity index (χ1v) is 8.29. The number of halogens is 1. The number of aryl methyl sites for hydroxylation is 2. The molecule has 0 saturated carbocycles. The fraction of sp³-hybridized carbons (Fsp3) is 0.250. The van der Waals surface area contributed by atoms with E-state index in [1.807, 2.05) is 49.4 Å². The molecule has 3 N–H and O–H groups in total. The Morgan fingerprint density at radius 2 is 2.04 bits per heavy atom. The van der Waals surface area contributed by atoms with E-state index in [9.17, 15) is 4.79 Å². The van der Waals surface area contributed by atoms with Crippen molar-refractivity contribution in [2.24, 2.45) is 0 Å². The van der Waals surface area contributed by atoms with E-state index in [0.717, 1.165) is 47.0 Å². The predicted molar refractivity (Wildman–Crippen MR) is 102 cm³/mol. The minimum atomic E-state index is -0.168. The third-order valence-corrected chi connectivity index (χ3v) is 4.68. The average Bonchev–Trinajstić information content (AvgIpc) is 2.98. The van der Waals surface area contributed by atoms with E-state index in [1.54, 1.807) is 0 Å². The lowest BCUT2D eigenvalue weighted by atomic mass is 9.87. The van der Waals surface area contributed by atoms with Gasteiger partial charge in [0.1, 0.15) is 5.58 Å². The maximum absolute atomic E-state index is 12.6. The van der Waals surface area contributed by atoms with Crippen LogP contribution in [-0.2, 0) is 6.42 Å². The van der Waals surface area contributed by atoms with Crippen LogP contribution >= 0.6 is 12.4 Å². The number of hydrogen-bond acceptors (Lipinski definition) is 3. The van der Waals surface area contributed by atoms with Crippen LogP contribution < -0.4 is 11.1 Å². The molecule has 0 radical (unpaired) electrons. The molecule has 1 aromatic heterocycles. The van der Waals surface area contributed by atoms with Crippen LogP contribution in [0.1, 0.15) is 46.1 Å². The Morgan fingerprint density at radius 3 is 2.88 bits per heavy atom. The highest BCUT2D eigenvalue weighted by molar-refractivity contribution is 5.96. The third-order valence-electron chi connectivity index (χ3n) is 4.68. The summed E-state index contributed by atoms with van der Waals surface area (Å²) in [4.78, 5) is 12.6. The van der Waals surface area contributed by atoms with Gasteiger partial charge in [0, 0.05) is 11.1 Å². The number of furan rings is 1. The summed E-state index contributed by atoms with van der Waals surface area (Å²) >= 11 is 0. The summed E-state index contributed by atoms with van der Waals surface area (Å²) in [6.45, 7) is 2.02. The molecule has 1 unspecified atom stereocenters. The summed E-state index contributed by atoms with van der Waals surface area (Å²) in [6.07, 6.45) is 2.99. The van der Waals surface area contributed by atoms with Crippen LogP contribution in [0.2, 0.25) is 0 Å². The highest BCUT2D eigenvalue weighted by Gasteiger charge is 2.23. The Bertz CT molecular complexity index is 933. The van der Waals surface area contributed by atoms with Crippen LogP contribution in [0.15, 0.2) is 46.9 Å². The van der Waals surface area contributed by atoms with Crippen molar-refractivity contribution in [1.82, 2.24) is 5.32 Å². The second-order valence-electron chi connectivity index (χ2n) is 6.53. The van der Waals surface area contributed by atoms with Crippen molar-refractivity contribution in [3.05, 3.63) is 64.9 Å². The van der Waals surface area contributed by atoms with Crippen molar-refractivity contribution < 1.29 is 9.21 Å². The van der Waals surface area contributed by atoms with Crippen LogP contribution in [0, 0.1) is 6.92 Å². The number of rotatable bonds is 2. The van der Waals surface area contributed by atoms with E-state index in [2.05, 4.69) is 5.32 Å². The van der Waals surface area contributed by atoms with E-state index in [0.29, 0.717) is 5.76 Å². The number of benzene rings is 2. The summed E-state index contributed by atoms with van der Waals surface area (Å²) < 4.78 is 5.70. The number of carbonyl (C=O) groups excluding carboxylic acids is 1. The van der Waals surface area contributed by atoms with Gasteiger partial charge in [-0.2, -0.15) is 0 Å². The first kappa shape index (κ1) is 17.4. The Morgan fingerprint density at radius 1 is 1.20 bits per heavy atom. The molecule has 2 aromatic carbocycles. The third kappa shape index (κ3) is 3.35. The normalized spacial score (nSPS) is 16.1. The molecule has 25 heavy (non-hydrogen) atoms. The smallest absolute Gasteiger partial charge is 0.287 e. The van der Waals surface area contributed by atoms with Gasteiger partial charge in [-0.15, -0.1) is 12.4 Å². The Kier molecular flexibility index (Phi) is 4.73. The summed E-state index contributed by atoms with van der Waals surface area (Å²) in [7, 11) is 0. The second kappa shape index (κ2) is 6.81. The van der Waals surface area contributed by atoms with Crippen LogP contribution in [0.5, 0.6) is 0 Å². The summed E-state index contributed by atoms with van der Waals surface area (Å²) in [5, 5.41) is 4.07. The van der Waals surface area contributed by atoms with Gasteiger partial charge in [0.15, 0.2) is 5.76 Å². The fourth-order valence-electron chi connectivity index (χ4n) is 3.49. The standard InChI is InChI=1S/C20H20N2O2.ClH/c1-12-5-8-18-14(9-12)11-19(24-18)20(23)22-17-4-2-3-13-10-15(21)6-7-16(13)17;/h5-11,17H,2-4,21H2,1H3,(H,22,23);1H. The van der Waals surface area contributed by atoms with Gasteiger partial charge in [0.05, 0.1) is 6.04 Å². The number of carbonyl (C=O) groups is 1. The highest BCUT2D eigenvalue weighted by atomic mass is 35.5. The highest BCUT2D eigenvalue weighted by Crippen LogP contribution is 2.31. The number of nitrogens with two attached hydrogens (primary N) is 1. The molecule has 0 spiro atoms. The van der Waals surface area contributed by atoms with Crippen LogP contribution in [0.3, 0.4) is 0 Å². The topological polar surface area (TPSA) is 68.3 Å².